The SMILES string of the molecule is Cc1ccc(C(C)NC2C3CCOC3C2(C)C)cc1. The lowest BCUT2D eigenvalue weighted by molar-refractivity contribution is -0.115. The van der Waals surface area contributed by atoms with Gasteiger partial charge in [0.15, 0.2) is 0 Å². The van der Waals surface area contributed by atoms with Gasteiger partial charge < -0.3 is 10.1 Å². The molecule has 1 saturated heterocycles. The van der Waals surface area contributed by atoms with Crippen molar-refractivity contribution in [1.82, 2.24) is 5.32 Å². The molecule has 1 heterocycles. The summed E-state index contributed by atoms with van der Waals surface area (Å²) in [5.41, 5.74) is 2.97. The van der Waals surface area contributed by atoms with Gasteiger partial charge in [-0.1, -0.05) is 43.7 Å². The number of nitrogens with one attached hydrogen (secondary N) is 1. The van der Waals surface area contributed by atoms with E-state index in [9.17, 15) is 0 Å². The van der Waals surface area contributed by atoms with Crippen LogP contribution in [0.1, 0.15) is 44.4 Å². The quantitative estimate of drug-likeness (QED) is 0.897. The van der Waals surface area contributed by atoms with Crippen LogP contribution in [0, 0.1) is 18.3 Å². The van der Waals surface area contributed by atoms with E-state index in [0.717, 1.165) is 6.61 Å². The molecule has 1 aromatic carbocycles. The van der Waals surface area contributed by atoms with Gasteiger partial charge in [0.05, 0.1) is 6.10 Å². The maximum atomic E-state index is 5.86. The van der Waals surface area contributed by atoms with E-state index in [1.54, 1.807) is 0 Å². The van der Waals surface area contributed by atoms with Crippen molar-refractivity contribution in [2.24, 2.45) is 11.3 Å². The Morgan fingerprint density at radius 1 is 1.26 bits per heavy atom. The first kappa shape index (κ1) is 13.1. The molecule has 2 heteroatoms. The average Bonchev–Trinajstić information content (AvgIpc) is 2.83. The summed E-state index contributed by atoms with van der Waals surface area (Å²) in [5, 5.41) is 3.83. The van der Waals surface area contributed by atoms with E-state index >= 15 is 0 Å². The van der Waals surface area contributed by atoms with Crippen LogP contribution in [-0.2, 0) is 4.74 Å². The van der Waals surface area contributed by atoms with Crippen molar-refractivity contribution in [3.05, 3.63) is 35.4 Å². The van der Waals surface area contributed by atoms with Crippen LogP contribution < -0.4 is 5.32 Å². The highest BCUT2D eigenvalue weighted by Gasteiger charge is 2.59. The Bertz CT molecular complexity index is 451. The summed E-state index contributed by atoms with van der Waals surface area (Å²) in [6.07, 6.45) is 1.68. The number of aryl methyl sites for hydroxylation is 1. The third kappa shape index (κ3) is 2.11. The second-order valence-electron chi connectivity index (χ2n) is 6.84. The molecule has 2 nitrogen and oxygen atoms in total. The smallest absolute Gasteiger partial charge is 0.0685 e. The fourth-order valence-corrected chi connectivity index (χ4v) is 3.88. The Balaban J connectivity index is 1.69. The molecule has 0 aromatic heterocycles. The molecule has 0 bridgehead atoms. The molecule has 0 spiro atoms. The molecule has 0 radical (unpaired) electrons. The lowest BCUT2D eigenvalue weighted by Gasteiger charge is -2.55. The highest BCUT2D eigenvalue weighted by molar-refractivity contribution is 5.24. The molecule has 2 fully saturated rings. The first-order valence-electron chi connectivity index (χ1n) is 7.44. The molecule has 3 rings (SSSR count). The Morgan fingerprint density at radius 3 is 2.63 bits per heavy atom. The standard InChI is InChI=1S/C17H25NO/c1-11-5-7-13(8-6-11)12(2)18-15-14-9-10-19-16(14)17(15,3)4/h5-8,12,14-16,18H,9-10H2,1-4H3. The Hall–Kier alpha value is -0.860. The molecule has 4 atom stereocenters. The van der Waals surface area contributed by atoms with Crippen molar-refractivity contribution >= 4 is 0 Å². The number of ether oxygens (including phenoxy) is 1. The van der Waals surface area contributed by atoms with E-state index in [1.807, 2.05) is 0 Å². The first-order chi connectivity index (χ1) is 9.00. The summed E-state index contributed by atoms with van der Waals surface area (Å²) >= 11 is 0. The molecule has 0 amide bonds. The van der Waals surface area contributed by atoms with Gasteiger partial charge in [-0.3, -0.25) is 0 Å². The fraction of sp³-hybridized carbons (Fsp3) is 0.647. The lowest BCUT2D eigenvalue weighted by atomic mass is 9.57. The van der Waals surface area contributed by atoms with Crippen LogP contribution in [-0.4, -0.2) is 18.8 Å². The van der Waals surface area contributed by atoms with Crippen molar-refractivity contribution in [1.29, 1.82) is 0 Å². The summed E-state index contributed by atoms with van der Waals surface area (Å²) in [7, 11) is 0. The third-order valence-electron chi connectivity index (χ3n) is 5.11. The van der Waals surface area contributed by atoms with Gasteiger partial charge in [-0.2, -0.15) is 0 Å². The summed E-state index contributed by atoms with van der Waals surface area (Å²) in [6, 6.07) is 9.85. The van der Waals surface area contributed by atoms with E-state index < -0.39 is 0 Å². The van der Waals surface area contributed by atoms with Gasteiger partial charge >= 0.3 is 0 Å². The Labute approximate surface area is 116 Å². The van der Waals surface area contributed by atoms with Crippen molar-refractivity contribution in [2.45, 2.75) is 52.3 Å². The highest BCUT2D eigenvalue weighted by atomic mass is 16.5. The van der Waals surface area contributed by atoms with Gasteiger partial charge in [-0.05, 0) is 25.8 Å². The van der Waals surface area contributed by atoms with E-state index in [4.69, 9.17) is 4.74 Å². The molecule has 104 valence electrons. The topological polar surface area (TPSA) is 21.3 Å². The maximum Gasteiger partial charge on any atom is 0.0685 e. The Morgan fingerprint density at radius 2 is 1.95 bits per heavy atom. The van der Waals surface area contributed by atoms with Crippen LogP contribution in [0.4, 0.5) is 0 Å². The molecule has 1 aliphatic heterocycles. The minimum atomic E-state index is 0.264. The molecular formula is C17H25NO. The molecular weight excluding hydrogens is 234 g/mol. The van der Waals surface area contributed by atoms with Crippen molar-refractivity contribution in [3.63, 3.8) is 0 Å². The summed E-state index contributed by atoms with van der Waals surface area (Å²) < 4.78 is 5.86. The van der Waals surface area contributed by atoms with Gasteiger partial charge in [0.25, 0.3) is 0 Å². The first-order valence-corrected chi connectivity index (χ1v) is 7.44. The van der Waals surface area contributed by atoms with Crippen molar-refractivity contribution < 1.29 is 4.74 Å². The van der Waals surface area contributed by atoms with Gasteiger partial charge in [0, 0.05) is 30.0 Å². The second-order valence-corrected chi connectivity index (χ2v) is 6.84. The van der Waals surface area contributed by atoms with Crippen LogP contribution in [0.2, 0.25) is 0 Å². The van der Waals surface area contributed by atoms with Gasteiger partial charge in [-0.25, -0.2) is 0 Å². The second kappa shape index (κ2) is 4.60. The largest absolute Gasteiger partial charge is 0.377 e. The number of hydrogen-bond donors (Lipinski definition) is 1. The minimum absolute atomic E-state index is 0.264. The van der Waals surface area contributed by atoms with Crippen LogP contribution in [0.3, 0.4) is 0 Å². The summed E-state index contributed by atoms with van der Waals surface area (Å²) in [4.78, 5) is 0. The number of fused-ring (bicyclic) bond motifs is 1. The molecule has 1 saturated carbocycles. The van der Waals surface area contributed by atoms with Gasteiger partial charge in [0.1, 0.15) is 0 Å². The lowest BCUT2D eigenvalue weighted by Crippen LogP contribution is -2.66. The van der Waals surface area contributed by atoms with Crippen molar-refractivity contribution in [3.8, 4) is 0 Å². The van der Waals surface area contributed by atoms with E-state index in [0.29, 0.717) is 24.1 Å². The van der Waals surface area contributed by atoms with E-state index in [2.05, 4.69) is 57.3 Å². The summed E-state index contributed by atoms with van der Waals surface area (Å²) in [5.74, 6) is 0.711. The fourth-order valence-electron chi connectivity index (χ4n) is 3.88. The molecule has 2 aliphatic rings. The molecule has 1 aromatic rings. The number of hydrogen-bond acceptors (Lipinski definition) is 2. The van der Waals surface area contributed by atoms with Crippen LogP contribution in [0.15, 0.2) is 24.3 Å². The number of rotatable bonds is 3. The van der Waals surface area contributed by atoms with Gasteiger partial charge in [0.2, 0.25) is 0 Å². The molecule has 1 N–H and O–H groups in total. The van der Waals surface area contributed by atoms with Gasteiger partial charge in [-0.15, -0.1) is 0 Å². The highest BCUT2D eigenvalue weighted by Crippen LogP contribution is 2.52. The average molecular weight is 259 g/mol. The monoisotopic (exact) mass is 259 g/mol. The minimum Gasteiger partial charge on any atom is -0.377 e. The molecule has 1 aliphatic carbocycles. The van der Waals surface area contributed by atoms with Crippen molar-refractivity contribution in [2.75, 3.05) is 6.61 Å². The Kier molecular flexibility index (Phi) is 3.18. The van der Waals surface area contributed by atoms with E-state index in [1.165, 1.54) is 17.5 Å². The zero-order chi connectivity index (χ0) is 13.6. The van der Waals surface area contributed by atoms with E-state index in [-0.39, 0.29) is 5.41 Å². The van der Waals surface area contributed by atoms with Crippen LogP contribution in [0.5, 0.6) is 0 Å². The predicted molar refractivity (Wildman–Crippen MR) is 78.1 cm³/mol. The number of benzene rings is 1. The van der Waals surface area contributed by atoms with Crippen LogP contribution in [0.25, 0.3) is 0 Å². The molecule has 4 unspecified atom stereocenters. The van der Waals surface area contributed by atoms with Crippen LogP contribution >= 0.6 is 0 Å². The summed E-state index contributed by atoms with van der Waals surface area (Å²) in [6.45, 7) is 10.0. The normalized spacial score (nSPS) is 33.6. The predicted octanol–water partition coefficient (Wildman–Crippen LogP) is 3.46. The third-order valence-corrected chi connectivity index (χ3v) is 5.11. The maximum absolute atomic E-state index is 5.86. The molecule has 19 heavy (non-hydrogen) atoms. The zero-order valence-electron chi connectivity index (χ0n) is 12.4. The zero-order valence-corrected chi connectivity index (χ0v) is 12.4.